The molecule has 5 atom stereocenters. The molecule has 232 valence electrons. The maximum atomic E-state index is 13.1. The van der Waals surface area contributed by atoms with E-state index in [1.807, 2.05) is 0 Å². The standard InChI is InChI=1S/C28H52N4O6S2/c1-7-8-13-29-24(34)19(2)16-23(33)21-17-39-14-11-9-10-12-15-40-18-22(32-27(37)38-28(4,5)6)26(36)30-20(3)25(35)31-21/h19-23,33H,7-18H2,1-6H3,(H,29,34)(H,30,36)(H,31,35)(H,32,37)/t19-,20+,21+,22+,23+/m1/s1. The van der Waals surface area contributed by atoms with Gasteiger partial charge in [0.15, 0.2) is 0 Å². The normalized spacial score (nSPS) is 24.0. The van der Waals surface area contributed by atoms with E-state index >= 15 is 0 Å². The van der Waals surface area contributed by atoms with E-state index in [0.717, 1.165) is 50.0 Å². The number of amides is 4. The van der Waals surface area contributed by atoms with Gasteiger partial charge in [0.25, 0.3) is 0 Å². The van der Waals surface area contributed by atoms with Gasteiger partial charge in [0.2, 0.25) is 17.7 Å². The van der Waals surface area contributed by atoms with Crippen LogP contribution in [0, 0.1) is 5.92 Å². The van der Waals surface area contributed by atoms with Crippen LogP contribution in [-0.4, -0.2) is 88.3 Å². The zero-order valence-corrected chi connectivity index (χ0v) is 26.8. The van der Waals surface area contributed by atoms with Gasteiger partial charge in [0.1, 0.15) is 17.7 Å². The number of carbonyl (C=O) groups is 4. The van der Waals surface area contributed by atoms with E-state index in [9.17, 15) is 24.3 Å². The van der Waals surface area contributed by atoms with Crippen molar-refractivity contribution in [2.24, 2.45) is 5.92 Å². The minimum Gasteiger partial charge on any atom is -0.444 e. The second kappa shape index (κ2) is 19.5. The lowest BCUT2D eigenvalue weighted by atomic mass is 9.98. The van der Waals surface area contributed by atoms with Gasteiger partial charge in [-0.3, -0.25) is 14.4 Å². The molecule has 0 bridgehead atoms. The third-order valence-electron chi connectivity index (χ3n) is 6.33. The molecule has 0 aromatic carbocycles. The van der Waals surface area contributed by atoms with Gasteiger partial charge >= 0.3 is 6.09 Å². The van der Waals surface area contributed by atoms with Crippen LogP contribution in [0.1, 0.15) is 86.5 Å². The van der Waals surface area contributed by atoms with Gasteiger partial charge in [0, 0.05) is 24.0 Å². The molecule has 0 aromatic heterocycles. The van der Waals surface area contributed by atoms with Crippen molar-refractivity contribution in [3.05, 3.63) is 0 Å². The highest BCUT2D eigenvalue weighted by molar-refractivity contribution is 7.99. The lowest BCUT2D eigenvalue weighted by Gasteiger charge is -2.28. The number of nitrogens with one attached hydrogen (secondary N) is 4. The van der Waals surface area contributed by atoms with E-state index in [4.69, 9.17) is 4.74 Å². The summed E-state index contributed by atoms with van der Waals surface area (Å²) in [6.45, 7) is 11.2. The van der Waals surface area contributed by atoms with E-state index in [1.165, 1.54) is 0 Å². The Bertz CT molecular complexity index is 795. The second-order valence-electron chi connectivity index (χ2n) is 11.5. The fraction of sp³-hybridized carbons (Fsp3) is 0.857. The number of unbranched alkanes of at least 4 members (excludes halogenated alkanes) is 1. The summed E-state index contributed by atoms with van der Waals surface area (Å²) in [7, 11) is 0. The fourth-order valence-corrected chi connectivity index (χ4v) is 6.12. The first-order chi connectivity index (χ1) is 18.8. The molecule has 0 aromatic rings. The average molecular weight is 605 g/mol. The Morgan fingerprint density at radius 2 is 1.68 bits per heavy atom. The van der Waals surface area contributed by atoms with Crippen LogP contribution < -0.4 is 21.3 Å². The van der Waals surface area contributed by atoms with Gasteiger partial charge < -0.3 is 31.1 Å². The Balaban J connectivity index is 2.92. The van der Waals surface area contributed by atoms with E-state index in [0.29, 0.717) is 18.1 Å². The predicted molar refractivity (Wildman–Crippen MR) is 164 cm³/mol. The molecule has 1 aliphatic rings. The van der Waals surface area contributed by atoms with Crippen LogP contribution in [0.3, 0.4) is 0 Å². The van der Waals surface area contributed by atoms with Crippen molar-refractivity contribution in [1.82, 2.24) is 21.3 Å². The topological polar surface area (TPSA) is 146 Å². The van der Waals surface area contributed by atoms with Crippen molar-refractivity contribution in [3.8, 4) is 0 Å². The molecule has 1 saturated heterocycles. The maximum Gasteiger partial charge on any atom is 0.408 e. The molecule has 10 nitrogen and oxygen atoms in total. The number of carbonyl (C=O) groups excluding carboxylic acids is 4. The van der Waals surface area contributed by atoms with Crippen molar-refractivity contribution in [2.75, 3.05) is 29.6 Å². The number of alkyl carbamates (subject to hydrolysis) is 1. The highest BCUT2D eigenvalue weighted by atomic mass is 32.2. The van der Waals surface area contributed by atoms with E-state index < -0.39 is 53.7 Å². The quantitative estimate of drug-likeness (QED) is 0.266. The van der Waals surface area contributed by atoms with Crippen molar-refractivity contribution in [2.45, 2.75) is 116 Å². The highest BCUT2D eigenvalue weighted by Crippen LogP contribution is 2.17. The molecule has 5 N–H and O–H groups in total. The van der Waals surface area contributed by atoms with Crippen molar-refractivity contribution in [1.29, 1.82) is 0 Å². The van der Waals surface area contributed by atoms with Crippen LogP contribution in [0.25, 0.3) is 0 Å². The van der Waals surface area contributed by atoms with Gasteiger partial charge in [0.05, 0.1) is 12.1 Å². The minimum atomic E-state index is -0.925. The molecule has 0 unspecified atom stereocenters. The first-order valence-corrected chi connectivity index (χ1v) is 16.9. The van der Waals surface area contributed by atoms with Crippen LogP contribution in [-0.2, 0) is 19.1 Å². The summed E-state index contributed by atoms with van der Waals surface area (Å²) in [5.74, 6) is 1.19. The Kier molecular flexibility index (Phi) is 17.7. The van der Waals surface area contributed by atoms with Crippen LogP contribution in [0.5, 0.6) is 0 Å². The first-order valence-electron chi connectivity index (χ1n) is 14.6. The highest BCUT2D eigenvalue weighted by Gasteiger charge is 2.30. The number of aliphatic hydroxyl groups excluding tert-OH is 1. The third kappa shape index (κ3) is 16.0. The molecule has 0 aliphatic carbocycles. The molecular formula is C28H52N4O6S2. The van der Waals surface area contributed by atoms with Crippen LogP contribution in [0.2, 0.25) is 0 Å². The SMILES string of the molecule is CCCCNC(=O)[C@H](C)C[C@H](O)[C@@H]1CSCCCCCCSC[C@H](NC(=O)OC(C)(C)C)C(=O)N[C@@H](C)C(=O)N1. The van der Waals surface area contributed by atoms with Crippen molar-refractivity contribution >= 4 is 47.3 Å². The molecule has 0 saturated carbocycles. The fourth-order valence-electron chi connectivity index (χ4n) is 3.94. The largest absolute Gasteiger partial charge is 0.444 e. The third-order valence-corrected chi connectivity index (χ3v) is 8.65. The molecular weight excluding hydrogens is 552 g/mol. The van der Waals surface area contributed by atoms with Crippen LogP contribution >= 0.6 is 23.5 Å². The van der Waals surface area contributed by atoms with Gasteiger partial charge in [-0.2, -0.15) is 23.5 Å². The lowest BCUT2D eigenvalue weighted by molar-refractivity contribution is -0.130. The predicted octanol–water partition coefficient (Wildman–Crippen LogP) is 3.21. The number of aliphatic hydroxyl groups is 1. The van der Waals surface area contributed by atoms with Crippen LogP contribution in [0.4, 0.5) is 4.79 Å². The Hall–Kier alpha value is -1.66. The van der Waals surface area contributed by atoms with Gasteiger partial charge in [-0.1, -0.05) is 33.1 Å². The molecule has 0 radical (unpaired) electrons. The lowest BCUT2D eigenvalue weighted by Crippen LogP contribution is -2.56. The van der Waals surface area contributed by atoms with Crippen molar-refractivity contribution < 1.29 is 29.0 Å². The molecule has 40 heavy (non-hydrogen) atoms. The number of thioether (sulfide) groups is 2. The zero-order chi connectivity index (χ0) is 30.1. The molecule has 1 heterocycles. The van der Waals surface area contributed by atoms with Crippen molar-refractivity contribution in [3.63, 3.8) is 0 Å². The summed E-state index contributed by atoms with van der Waals surface area (Å²) < 4.78 is 5.33. The summed E-state index contributed by atoms with van der Waals surface area (Å²) >= 11 is 3.25. The first kappa shape index (κ1) is 36.4. The maximum absolute atomic E-state index is 13.1. The van der Waals surface area contributed by atoms with Crippen LogP contribution in [0.15, 0.2) is 0 Å². The molecule has 0 spiro atoms. The zero-order valence-electron chi connectivity index (χ0n) is 25.2. The number of rotatable bonds is 8. The summed E-state index contributed by atoms with van der Waals surface area (Å²) in [6, 6.07) is -2.34. The molecule has 1 rings (SSSR count). The molecule has 4 amide bonds. The van der Waals surface area contributed by atoms with Gasteiger partial charge in [-0.05, 0) is 64.9 Å². The van der Waals surface area contributed by atoms with E-state index in [1.54, 1.807) is 58.1 Å². The summed E-state index contributed by atoms with van der Waals surface area (Å²) in [5.41, 5.74) is -0.709. The number of hydrogen-bond donors (Lipinski definition) is 5. The van der Waals surface area contributed by atoms with E-state index in [-0.39, 0.29) is 12.3 Å². The average Bonchev–Trinajstić information content (AvgIpc) is 2.86. The Morgan fingerprint density at radius 1 is 1.05 bits per heavy atom. The summed E-state index contributed by atoms with van der Waals surface area (Å²) in [5, 5.41) is 22.2. The molecule has 1 aliphatic heterocycles. The monoisotopic (exact) mass is 604 g/mol. The van der Waals surface area contributed by atoms with Gasteiger partial charge in [-0.25, -0.2) is 4.79 Å². The Morgan fingerprint density at radius 3 is 2.27 bits per heavy atom. The Labute approximate surface area is 249 Å². The van der Waals surface area contributed by atoms with Gasteiger partial charge in [-0.15, -0.1) is 0 Å². The molecule has 1 fully saturated rings. The number of ether oxygens (including phenoxy) is 1. The smallest absolute Gasteiger partial charge is 0.408 e. The number of hydrogen-bond acceptors (Lipinski definition) is 8. The minimum absolute atomic E-state index is 0.113. The molecule has 12 heteroatoms. The summed E-state index contributed by atoms with van der Waals surface area (Å²) in [4.78, 5) is 51.0. The second-order valence-corrected chi connectivity index (χ2v) is 13.8. The van der Waals surface area contributed by atoms with E-state index in [2.05, 4.69) is 28.2 Å². The summed E-state index contributed by atoms with van der Waals surface area (Å²) in [6.07, 6.45) is 4.64.